The smallest absolute Gasteiger partial charge is 0.167 e. The fraction of sp³-hybridized carbons (Fsp3) is 0.423. The van der Waals surface area contributed by atoms with E-state index >= 15 is 0 Å². The quantitative estimate of drug-likeness (QED) is 0.440. The summed E-state index contributed by atoms with van der Waals surface area (Å²) in [5.41, 5.74) is 5.03. The van der Waals surface area contributed by atoms with Crippen LogP contribution < -0.4 is 4.74 Å². The van der Waals surface area contributed by atoms with E-state index in [0.717, 1.165) is 40.8 Å². The highest BCUT2D eigenvalue weighted by Crippen LogP contribution is 2.47. The maximum absolute atomic E-state index is 13.1. The van der Waals surface area contributed by atoms with Gasteiger partial charge in [-0.05, 0) is 67.3 Å². The summed E-state index contributed by atoms with van der Waals surface area (Å²) in [7, 11) is 0. The van der Waals surface area contributed by atoms with Gasteiger partial charge in [0, 0.05) is 17.5 Å². The first-order valence-corrected chi connectivity index (χ1v) is 10.2. The summed E-state index contributed by atoms with van der Waals surface area (Å²) in [5.74, 6) is 1.09. The Bertz CT molecular complexity index is 885. The standard InChI is InChI=1S/C26H32O2/c1-7-9-20-15-21(23(27)14-19-12-10-18(8-2)11-13-19)16-22-24(20)28-26(5,6)17-25(22,3)4/h7,10-13,15-16H,1,8-9,14,17H2,2-6H3. The second-order valence-electron chi connectivity index (χ2n) is 9.20. The summed E-state index contributed by atoms with van der Waals surface area (Å²) in [6, 6.07) is 12.4. The van der Waals surface area contributed by atoms with Crippen LogP contribution >= 0.6 is 0 Å². The number of aryl methyl sites for hydroxylation is 1. The van der Waals surface area contributed by atoms with Crippen molar-refractivity contribution in [3.63, 3.8) is 0 Å². The molecule has 0 atom stereocenters. The number of hydrogen-bond acceptors (Lipinski definition) is 2. The fourth-order valence-corrected chi connectivity index (χ4v) is 4.43. The summed E-state index contributed by atoms with van der Waals surface area (Å²) in [5, 5.41) is 0. The number of hydrogen-bond donors (Lipinski definition) is 0. The van der Waals surface area contributed by atoms with Gasteiger partial charge in [-0.2, -0.15) is 0 Å². The molecule has 2 aromatic carbocycles. The van der Waals surface area contributed by atoms with Gasteiger partial charge in [0.15, 0.2) is 5.78 Å². The summed E-state index contributed by atoms with van der Waals surface area (Å²) in [6.07, 6.45) is 4.92. The lowest BCUT2D eigenvalue weighted by molar-refractivity contribution is 0.0523. The van der Waals surface area contributed by atoms with Crippen LogP contribution in [0.2, 0.25) is 0 Å². The van der Waals surface area contributed by atoms with Crippen LogP contribution in [0.3, 0.4) is 0 Å². The first-order valence-electron chi connectivity index (χ1n) is 10.2. The second-order valence-corrected chi connectivity index (χ2v) is 9.20. The molecule has 2 nitrogen and oxygen atoms in total. The van der Waals surface area contributed by atoms with Crippen LogP contribution in [0.5, 0.6) is 5.75 Å². The van der Waals surface area contributed by atoms with Crippen molar-refractivity contribution in [2.75, 3.05) is 0 Å². The zero-order chi connectivity index (χ0) is 20.5. The van der Waals surface area contributed by atoms with Gasteiger partial charge in [-0.15, -0.1) is 6.58 Å². The van der Waals surface area contributed by atoms with Gasteiger partial charge in [-0.3, -0.25) is 4.79 Å². The van der Waals surface area contributed by atoms with Gasteiger partial charge in [0.2, 0.25) is 0 Å². The highest BCUT2D eigenvalue weighted by atomic mass is 16.5. The highest BCUT2D eigenvalue weighted by molar-refractivity contribution is 5.98. The number of carbonyl (C=O) groups excluding carboxylic acids is 1. The highest BCUT2D eigenvalue weighted by Gasteiger charge is 2.40. The molecule has 0 N–H and O–H groups in total. The third kappa shape index (κ3) is 4.22. The van der Waals surface area contributed by atoms with Gasteiger partial charge in [-0.1, -0.05) is 51.1 Å². The van der Waals surface area contributed by atoms with Crippen molar-refractivity contribution in [2.45, 2.75) is 71.3 Å². The van der Waals surface area contributed by atoms with Crippen molar-refractivity contribution in [2.24, 2.45) is 0 Å². The Labute approximate surface area is 169 Å². The van der Waals surface area contributed by atoms with Crippen molar-refractivity contribution >= 4 is 5.78 Å². The number of ether oxygens (including phenoxy) is 1. The minimum Gasteiger partial charge on any atom is -0.487 e. The number of rotatable bonds is 6. The lowest BCUT2D eigenvalue weighted by Gasteiger charge is -2.43. The van der Waals surface area contributed by atoms with Crippen LogP contribution in [-0.2, 0) is 24.7 Å². The van der Waals surface area contributed by atoms with E-state index in [1.165, 1.54) is 5.56 Å². The topological polar surface area (TPSA) is 26.3 Å². The molecule has 0 saturated heterocycles. The van der Waals surface area contributed by atoms with Crippen LogP contribution in [0, 0.1) is 0 Å². The number of fused-ring (bicyclic) bond motifs is 1. The molecule has 1 aliphatic heterocycles. The predicted octanol–water partition coefficient (Wildman–Crippen LogP) is 6.24. The molecule has 1 aliphatic rings. The molecule has 3 rings (SSSR count). The molecular weight excluding hydrogens is 344 g/mol. The van der Waals surface area contributed by atoms with Crippen molar-refractivity contribution in [1.82, 2.24) is 0 Å². The Balaban J connectivity index is 1.98. The van der Waals surface area contributed by atoms with E-state index < -0.39 is 0 Å². The Morgan fingerprint density at radius 1 is 1.11 bits per heavy atom. The first kappa shape index (κ1) is 20.4. The molecule has 1 heterocycles. The van der Waals surface area contributed by atoms with Crippen molar-refractivity contribution < 1.29 is 9.53 Å². The molecule has 0 bridgehead atoms. The Kier molecular flexibility index (Phi) is 5.52. The minimum absolute atomic E-state index is 0.0495. The van der Waals surface area contributed by atoms with E-state index in [1.807, 2.05) is 12.1 Å². The van der Waals surface area contributed by atoms with Gasteiger partial charge < -0.3 is 4.74 Å². The number of Topliss-reactive ketones (excluding diaryl/α,β-unsaturated/α-hetero) is 1. The van der Waals surface area contributed by atoms with Crippen molar-refractivity contribution in [1.29, 1.82) is 0 Å². The van der Waals surface area contributed by atoms with Crippen molar-refractivity contribution in [3.05, 3.63) is 76.9 Å². The molecule has 0 amide bonds. The van der Waals surface area contributed by atoms with Crippen LogP contribution in [0.15, 0.2) is 49.1 Å². The maximum Gasteiger partial charge on any atom is 0.167 e. The number of ketones is 1. The molecule has 0 fully saturated rings. The molecule has 0 radical (unpaired) electrons. The normalized spacial score (nSPS) is 16.8. The van der Waals surface area contributed by atoms with E-state index in [9.17, 15) is 4.79 Å². The third-order valence-corrected chi connectivity index (χ3v) is 5.62. The average molecular weight is 377 g/mol. The van der Waals surface area contributed by atoms with E-state index in [1.54, 1.807) is 0 Å². The molecule has 0 aliphatic carbocycles. The summed E-state index contributed by atoms with van der Waals surface area (Å²) in [6.45, 7) is 14.8. The number of carbonyl (C=O) groups is 1. The lowest BCUT2D eigenvalue weighted by atomic mass is 9.72. The first-order chi connectivity index (χ1) is 13.1. The van der Waals surface area contributed by atoms with Crippen LogP contribution in [-0.4, -0.2) is 11.4 Å². The summed E-state index contributed by atoms with van der Waals surface area (Å²) >= 11 is 0. The molecule has 2 aromatic rings. The molecule has 28 heavy (non-hydrogen) atoms. The Hall–Kier alpha value is -2.35. The molecule has 148 valence electrons. The minimum atomic E-state index is -0.223. The molecule has 0 saturated carbocycles. The SMILES string of the molecule is C=CCc1cc(C(=O)Cc2ccc(CC)cc2)cc2c1OC(C)(C)CC2(C)C. The van der Waals surface area contributed by atoms with Crippen LogP contribution in [0.25, 0.3) is 0 Å². The molecular formula is C26H32O2. The van der Waals surface area contributed by atoms with Crippen molar-refractivity contribution in [3.8, 4) is 5.75 Å². The zero-order valence-corrected chi connectivity index (χ0v) is 17.9. The van der Waals surface area contributed by atoms with Gasteiger partial charge in [0.1, 0.15) is 11.4 Å². The van der Waals surface area contributed by atoms with E-state index in [-0.39, 0.29) is 16.8 Å². The zero-order valence-electron chi connectivity index (χ0n) is 17.9. The summed E-state index contributed by atoms with van der Waals surface area (Å²) < 4.78 is 6.36. The van der Waals surface area contributed by atoms with E-state index in [0.29, 0.717) is 12.8 Å². The third-order valence-electron chi connectivity index (χ3n) is 5.62. The number of benzene rings is 2. The Morgan fingerprint density at radius 3 is 2.36 bits per heavy atom. The van der Waals surface area contributed by atoms with E-state index in [2.05, 4.69) is 71.5 Å². The molecule has 2 heteroatoms. The van der Waals surface area contributed by atoms with Crippen LogP contribution in [0.1, 0.15) is 73.7 Å². The average Bonchev–Trinajstić information content (AvgIpc) is 2.61. The predicted molar refractivity (Wildman–Crippen MR) is 117 cm³/mol. The Morgan fingerprint density at radius 2 is 1.75 bits per heavy atom. The van der Waals surface area contributed by atoms with Gasteiger partial charge >= 0.3 is 0 Å². The second kappa shape index (κ2) is 7.58. The van der Waals surface area contributed by atoms with Crippen LogP contribution in [0.4, 0.5) is 0 Å². The van der Waals surface area contributed by atoms with Gasteiger partial charge in [0.05, 0.1) is 0 Å². The summed E-state index contributed by atoms with van der Waals surface area (Å²) in [4.78, 5) is 13.1. The monoisotopic (exact) mass is 376 g/mol. The maximum atomic E-state index is 13.1. The number of allylic oxidation sites excluding steroid dienone is 1. The van der Waals surface area contributed by atoms with Gasteiger partial charge in [0.25, 0.3) is 0 Å². The molecule has 0 unspecified atom stereocenters. The lowest BCUT2D eigenvalue weighted by Crippen LogP contribution is -2.42. The van der Waals surface area contributed by atoms with E-state index in [4.69, 9.17) is 4.74 Å². The largest absolute Gasteiger partial charge is 0.487 e. The molecule has 0 aromatic heterocycles. The molecule has 0 spiro atoms. The van der Waals surface area contributed by atoms with Gasteiger partial charge in [-0.25, -0.2) is 0 Å². The fourth-order valence-electron chi connectivity index (χ4n) is 4.43.